The molecule has 0 aromatic heterocycles. The van der Waals surface area contributed by atoms with Gasteiger partial charge in [-0.2, -0.15) is 0 Å². The fourth-order valence-corrected chi connectivity index (χ4v) is 3.70. The number of hydrogen-bond donors (Lipinski definition) is 0. The predicted molar refractivity (Wildman–Crippen MR) is 104 cm³/mol. The molecule has 6 heteroatoms. The van der Waals surface area contributed by atoms with Crippen molar-refractivity contribution in [2.75, 3.05) is 7.11 Å². The van der Waals surface area contributed by atoms with Crippen LogP contribution in [0.25, 0.3) is 0 Å². The molecular weight excluding hydrogens is 360 g/mol. The van der Waals surface area contributed by atoms with Crippen molar-refractivity contribution in [3.8, 4) is 11.5 Å². The average Bonchev–Trinajstić information content (AvgIpc) is 2.66. The van der Waals surface area contributed by atoms with Gasteiger partial charge in [-0.1, -0.05) is 27.2 Å². The Kier molecular flexibility index (Phi) is 8.03. The fraction of sp³-hybridized carbons (Fsp3) is 0.591. The molecular formula is C22H30O6. The number of carbonyl (C=O) groups is 3. The lowest BCUT2D eigenvalue weighted by Crippen LogP contribution is -2.36. The number of hydrogen-bond acceptors (Lipinski definition) is 6. The highest BCUT2D eigenvalue weighted by Gasteiger charge is 2.33. The van der Waals surface area contributed by atoms with Gasteiger partial charge >= 0.3 is 11.9 Å². The number of benzene rings is 1. The van der Waals surface area contributed by atoms with Gasteiger partial charge in [0, 0.05) is 5.56 Å². The molecule has 1 aromatic rings. The third-order valence-electron chi connectivity index (χ3n) is 5.32. The fourth-order valence-electron chi connectivity index (χ4n) is 3.70. The van der Waals surface area contributed by atoms with Crippen molar-refractivity contribution in [1.29, 1.82) is 0 Å². The molecule has 0 heterocycles. The molecule has 0 saturated heterocycles. The average molecular weight is 390 g/mol. The van der Waals surface area contributed by atoms with E-state index in [1.165, 1.54) is 25.3 Å². The zero-order chi connectivity index (χ0) is 20.7. The second-order valence-electron chi connectivity index (χ2n) is 7.86. The van der Waals surface area contributed by atoms with Crippen LogP contribution in [0.4, 0.5) is 0 Å². The first-order chi connectivity index (χ1) is 13.3. The molecule has 1 fully saturated rings. The molecule has 0 unspecified atom stereocenters. The molecule has 0 amide bonds. The summed E-state index contributed by atoms with van der Waals surface area (Å²) in [5.41, 5.74) is 0.418. The second kappa shape index (κ2) is 10.2. The normalized spacial score (nSPS) is 21.8. The molecule has 0 aliphatic heterocycles. The van der Waals surface area contributed by atoms with Crippen LogP contribution in [-0.2, 0) is 14.3 Å². The van der Waals surface area contributed by atoms with Crippen LogP contribution in [0.2, 0.25) is 0 Å². The molecule has 2 rings (SSSR count). The van der Waals surface area contributed by atoms with Crippen LogP contribution in [0.15, 0.2) is 18.2 Å². The van der Waals surface area contributed by atoms with Crippen LogP contribution < -0.4 is 9.47 Å². The van der Waals surface area contributed by atoms with Crippen LogP contribution in [0, 0.1) is 17.8 Å². The summed E-state index contributed by atoms with van der Waals surface area (Å²) in [5.74, 6) is 0.949. The first kappa shape index (κ1) is 21.9. The van der Waals surface area contributed by atoms with E-state index in [9.17, 15) is 14.4 Å². The summed E-state index contributed by atoms with van der Waals surface area (Å²) in [6, 6.07) is 4.51. The van der Waals surface area contributed by atoms with Crippen molar-refractivity contribution in [2.24, 2.45) is 17.8 Å². The first-order valence-electron chi connectivity index (χ1n) is 9.87. The Bertz CT molecular complexity index is 696. The van der Waals surface area contributed by atoms with Gasteiger partial charge in [0.2, 0.25) is 0 Å². The predicted octanol–water partition coefficient (Wildman–Crippen LogP) is 4.20. The minimum Gasteiger partial charge on any atom is -0.493 e. The third-order valence-corrected chi connectivity index (χ3v) is 5.32. The quantitative estimate of drug-likeness (QED) is 0.376. The van der Waals surface area contributed by atoms with Crippen molar-refractivity contribution in [2.45, 2.75) is 59.0 Å². The highest BCUT2D eigenvalue weighted by atomic mass is 16.6. The van der Waals surface area contributed by atoms with E-state index in [1.807, 2.05) is 0 Å². The van der Waals surface area contributed by atoms with E-state index in [4.69, 9.17) is 14.2 Å². The second-order valence-corrected chi connectivity index (χ2v) is 7.86. The maximum Gasteiger partial charge on any atom is 0.311 e. The Labute approximate surface area is 166 Å². The Morgan fingerprint density at radius 1 is 1.14 bits per heavy atom. The molecule has 28 heavy (non-hydrogen) atoms. The van der Waals surface area contributed by atoms with Crippen molar-refractivity contribution < 1.29 is 28.6 Å². The van der Waals surface area contributed by atoms with E-state index in [0.717, 1.165) is 19.3 Å². The largest absolute Gasteiger partial charge is 0.493 e. The minimum absolute atomic E-state index is 0.0245. The number of methoxy groups -OCH3 is 1. The number of rotatable bonds is 8. The Morgan fingerprint density at radius 3 is 2.50 bits per heavy atom. The van der Waals surface area contributed by atoms with Gasteiger partial charge in [0.1, 0.15) is 12.4 Å². The smallest absolute Gasteiger partial charge is 0.311 e. The SMILES string of the molecule is COc1cc(C=O)ccc1OC(=O)CCC(=O)O[C@H]1C[C@@H](C)CC[C@@H]1C(C)C. The van der Waals surface area contributed by atoms with Gasteiger partial charge in [-0.15, -0.1) is 0 Å². The molecule has 1 aliphatic rings. The van der Waals surface area contributed by atoms with Gasteiger partial charge in [-0.3, -0.25) is 14.4 Å². The molecule has 0 bridgehead atoms. The van der Waals surface area contributed by atoms with E-state index in [2.05, 4.69) is 20.8 Å². The van der Waals surface area contributed by atoms with E-state index in [1.54, 1.807) is 0 Å². The van der Waals surface area contributed by atoms with Gasteiger partial charge in [0.05, 0.1) is 20.0 Å². The van der Waals surface area contributed by atoms with Gasteiger partial charge in [0.15, 0.2) is 11.5 Å². The minimum atomic E-state index is -0.550. The molecule has 154 valence electrons. The number of ether oxygens (including phenoxy) is 3. The standard InChI is InChI=1S/C22H30O6/c1-14(2)17-7-5-15(3)11-19(17)28-22(25)10-9-21(24)27-18-8-6-16(13-23)12-20(18)26-4/h6,8,12-15,17,19H,5,7,9-11H2,1-4H3/t15-,17+,19-/m0/s1. The molecule has 3 atom stereocenters. The summed E-state index contributed by atoms with van der Waals surface area (Å²) < 4.78 is 16.1. The highest BCUT2D eigenvalue weighted by Crippen LogP contribution is 2.35. The summed E-state index contributed by atoms with van der Waals surface area (Å²) in [6.45, 7) is 6.49. The monoisotopic (exact) mass is 390 g/mol. The maximum absolute atomic E-state index is 12.3. The molecule has 0 N–H and O–H groups in total. The highest BCUT2D eigenvalue weighted by molar-refractivity contribution is 5.80. The van der Waals surface area contributed by atoms with E-state index in [-0.39, 0.29) is 36.4 Å². The molecule has 6 nitrogen and oxygen atoms in total. The van der Waals surface area contributed by atoms with Crippen LogP contribution in [0.1, 0.15) is 63.2 Å². The zero-order valence-corrected chi connectivity index (χ0v) is 17.1. The number of carbonyl (C=O) groups excluding carboxylic acids is 3. The summed E-state index contributed by atoms with van der Waals surface area (Å²) in [7, 11) is 1.43. The Hall–Kier alpha value is -2.37. The number of aldehydes is 1. The van der Waals surface area contributed by atoms with Gasteiger partial charge in [-0.05, 0) is 48.8 Å². The van der Waals surface area contributed by atoms with Crippen molar-refractivity contribution >= 4 is 18.2 Å². The lowest BCUT2D eigenvalue weighted by molar-refractivity contribution is -0.157. The first-order valence-corrected chi connectivity index (χ1v) is 9.87. The molecule has 0 spiro atoms. The van der Waals surface area contributed by atoms with Gasteiger partial charge < -0.3 is 14.2 Å². The molecule has 1 aliphatic carbocycles. The molecule has 1 saturated carbocycles. The molecule has 1 aromatic carbocycles. The van der Waals surface area contributed by atoms with Crippen LogP contribution in [0.5, 0.6) is 11.5 Å². The Balaban J connectivity index is 1.86. The summed E-state index contributed by atoms with van der Waals surface area (Å²) >= 11 is 0. The van der Waals surface area contributed by atoms with E-state index < -0.39 is 5.97 Å². The van der Waals surface area contributed by atoms with Crippen molar-refractivity contribution in [1.82, 2.24) is 0 Å². The topological polar surface area (TPSA) is 78.9 Å². The van der Waals surface area contributed by atoms with Gasteiger partial charge in [0.25, 0.3) is 0 Å². The molecule has 0 radical (unpaired) electrons. The van der Waals surface area contributed by atoms with Crippen LogP contribution >= 0.6 is 0 Å². The summed E-state index contributed by atoms with van der Waals surface area (Å²) in [5, 5.41) is 0. The van der Waals surface area contributed by atoms with Crippen molar-refractivity contribution in [3.63, 3.8) is 0 Å². The number of esters is 2. The Morgan fingerprint density at radius 2 is 1.86 bits per heavy atom. The van der Waals surface area contributed by atoms with Crippen LogP contribution in [0.3, 0.4) is 0 Å². The maximum atomic E-state index is 12.3. The zero-order valence-electron chi connectivity index (χ0n) is 17.1. The van der Waals surface area contributed by atoms with E-state index in [0.29, 0.717) is 29.6 Å². The lowest BCUT2D eigenvalue weighted by atomic mass is 9.75. The third kappa shape index (κ3) is 6.08. The summed E-state index contributed by atoms with van der Waals surface area (Å²) in [4.78, 5) is 35.2. The lowest BCUT2D eigenvalue weighted by Gasteiger charge is -2.36. The summed E-state index contributed by atoms with van der Waals surface area (Å²) in [6.07, 6.45) is 3.60. The van der Waals surface area contributed by atoms with Crippen molar-refractivity contribution in [3.05, 3.63) is 23.8 Å². The van der Waals surface area contributed by atoms with Crippen LogP contribution in [-0.4, -0.2) is 31.4 Å². The van der Waals surface area contributed by atoms with Gasteiger partial charge in [-0.25, -0.2) is 0 Å². The van der Waals surface area contributed by atoms with E-state index >= 15 is 0 Å².